The van der Waals surface area contributed by atoms with E-state index < -0.39 is 6.10 Å². The molecular weight excluding hydrogens is 564 g/mol. The van der Waals surface area contributed by atoms with E-state index in [0.717, 1.165) is 90.5 Å². The molecule has 1 aromatic heterocycles. The number of benzene rings is 1. The van der Waals surface area contributed by atoms with Gasteiger partial charge in [-0.15, -0.1) is 6.58 Å². The van der Waals surface area contributed by atoms with Crippen molar-refractivity contribution in [1.82, 2.24) is 9.88 Å². The highest BCUT2D eigenvalue weighted by Crippen LogP contribution is 2.68. The maximum absolute atomic E-state index is 12.0. The number of fused-ring (bicyclic) bond motifs is 9. The molecule has 2 N–H and O–H groups in total. The van der Waals surface area contributed by atoms with E-state index in [1.54, 1.807) is 0 Å². The molecule has 4 heterocycles. The lowest BCUT2D eigenvalue weighted by Crippen LogP contribution is -2.54. The fourth-order valence-corrected chi connectivity index (χ4v) is 13.3. The number of pyridine rings is 1. The Labute approximate surface area is 278 Å². The van der Waals surface area contributed by atoms with Gasteiger partial charge in [-0.1, -0.05) is 45.0 Å². The highest BCUT2D eigenvalue weighted by molar-refractivity contribution is 5.82. The van der Waals surface area contributed by atoms with E-state index in [0.29, 0.717) is 28.6 Å². The largest absolute Gasteiger partial charge is 0.393 e. The molecule has 14 atom stereocenters. The number of rotatable bonds is 7. The average Bonchev–Trinajstić information content (AvgIpc) is 3.44. The summed E-state index contributed by atoms with van der Waals surface area (Å²) in [6, 6.07) is 11.0. The predicted molar refractivity (Wildman–Crippen MR) is 187 cm³/mol. The van der Waals surface area contributed by atoms with Crippen LogP contribution in [0.15, 0.2) is 43.0 Å². The molecule has 0 radical (unpaired) electrons. The summed E-state index contributed by atoms with van der Waals surface area (Å²) in [5.74, 6) is 6.08. The number of aryl methyl sites for hydroxylation is 1. The second-order valence-electron chi connectivity index (χ2n) is 17.7. The second-order valence-corrected chi connectivity index (χ2v) is 17.7. The van der Waals surface area contributed by atoms with Gasteiger partial charge in [0.25, 0.3) is 0 Å². The summed E-state index contributed by atoms with van der Waals surface area (Å²) in [6.07, 6.45) is 17.8. The second kappa shape index (κ2) is 12.0. The lowest BCUT2D eigenvalue weighted by Gasteiger charge is -2.61. The Morgan fingerprint density at radius 2 is 1.80 bits per heavy atom. The summed E-state index contributed by atoms with van der Waals surface area (Å²) in [7, 11) is 0. The molecule has 3 aliphatic heterocycles. The summed E-state index contributed by atoms with van der Waals surface area (Å²) < 4.78 is 0. The van der Waals surface area contributed by atoms with Gasteiger partial charge in [-0.3, -0.25) is 9.88 Å². The summed E-state index contributed by atoms with van der Waals surface area (Å²) in [4.78, 5) is 7.72. The third kappa shape index (κ3) is 5.06. The third-order valence-corrected chi connectivity index (χ3v) is 15.9. The molecule has 46 heavy (non-hydrogen) atoms. The molecule has 4 saturated carbocycles. The van der Waals surface area contributed by atoms with Crippen LogP contribution < -0.4 is 0 Å². The summed E-state index contributed by atoms with van der Waals surface area (Å²) >= 11 is 0. The van der Waals surface area contributed by atoms with Gasteiger partial charge < -0.3 is 10.2 Å². The maximum atomic E-state index is 12.0. The Balaban J connectivity index is 0.977. The number of aromatic nitrogens is 1. The van der Waals surface area contributed by atoms with Crippen molar-refractivity contribution < 1.29 is 10.2 Å². The molecule has 1 aromatic carbocycles. The first-order valence-corrected chi connectivity index (χ1v) is 19.3. The minimum Gasteiger partial charge on any atom is -0.393 e. The van der Waals surface area contributed by atoms with Crippen molar-refractivity contribution >= 4 is 10.9 Å². The number of hydrogen-bond donors (Lipinski definition) is 2. The van der Waals surface area contributed by atoms with E-state index in [1.807, 2.05) is 0 Å². The number of piperidine rings is 3. The van der Waals surface area contributed by atoms with Gasteiger partial charge in [-0.05, 0) is 166 Å². The van der Waals surface area contributed by atoms with Crippen LogP contribution >= 0.6 is 0 Å². The van der Waals surface area contributed by atoms with E-state index in [1.165, 1.54) is 57.8 Å². The maximum Gasteiger partial charge on any atom is 0.0952 e. The summed E-state index contributed by atoms with van der Waals surface area (Å²) in [5, 5.41) is 23.5. The SMILES string of the molecule is C=C[C@H]1CN2CC[C@H]1C[C@H]2[C@@H](O)c1cc(CC[C@@H](C)[C@H]2CC[C@H]3[C@@H]4CC[C@@H]5C[C@H](O)CC[C@]5(C)[C@H]4CC[C@]23C)nc2ccccc12. The number of aliphatic hydroxyl groups is 2. The lowest BCUT2D eigenvalue weighted by molar-refractivity contribution is -0.129. The quantitative estimate of drug-likeness (QED) is 0.303. The molecule has 4 aliphatic carbocycles. The molecule has 4 nitrogen and oxygen atoms in total. The Bertz CT molecular complexity index is 1440. The fraction of sp³-hybridized carbons (Fsp3) is 0.738. The smallest absolute Gasteiger partial charge is 0.0952 e. The Kier molecular flexibility index (Phi) is 8.21. The lowest BCUT2D eigenvalue weighted by atomic mass is 9.44. The highest BCUT2D eigenvalue weighted by Gasteiger charge is 2.60. The van der Waals surface area contributed by atoms with E-state index in [4.69, 9.17) is 4.98 Å². The van der Waals surface area contributed by atoms with Crippen LogP contribution in [-0.2, 0) is 6.42 Å². The Morgan fingerprint density at radius 1 is 1.00 bits per heavy atom. The van der Waals surface area contributed by atoms with Crippen molar-refractivity contribution in [1.29, 1.82) is 0 Å². The normalized spacial score (nSPS) is 44.6. The van der Waals surface area contributed by atoms with Gasteiger partial charge in [0, 0.05) is 23.7 Å². The molecule has 0 amide bonds. The molecule has 2 aromatic rings. The van der Waals surface area contributed by atoms with Gasteiger partial charge in [0.1, 0.15) is 0 Å². The van der Waals surface area contributed by atoms with Crippen LogP contribution in [0.3, 0.4) is 0 Å². The molecule has 1 unspecified atom stereocenters. The molecule has 250 valence electrons. The number of hydrogen-bond acceptors (Lipinski definition) is 4. The Hall–Kier alpha value is -1.75. The topological polar surface area (TPSA) is 56.6 Å². The predicted octanol–water partition coefficient (Wildman–Crippen LogP) is 8.75. The molecule has 4 heteroatoms. The molecular formula is C42H60N2O2. The number of nitrogens with zero attached hydrogens (tertiary/aromatic N) is 2. The van der Waals surface area contributed by atoms with Crippen LogP contribution in [0.25, 0.3) is 10.9 Å². The van der Waals surface area contributed by atoms with E-state index in [-0.39, 0.29) is 12.1 Å². The molecule has 7 fully saturated rings. The van der Waals surface area contributed by atoms with Crippen LogP contribution in [-0.4, -0.2) is 45.3 Å². The van der Waals surface area contributed by atoms with Gasteiger partial charge in [0.05, 0.1) is 17.7 Å². The molecule has 7 aliphatic rings. The van der Waals surface area contributed by atoms with Gasteiger partial charge in [-0.25, -0.2) is 0 Å². The zero-order valence-corrected chi connectivity index (χ0v) is 28.9. The third-order valence-electron chi connectivity index (χ3n) is 15.9. The monoisotopic (exact) mass is 624 g/mol. The standard InChI is InChI=1S/C42H60N2O2/c1-5-27-25-44-21-18-28(27)22-39(44)40(46)34-24-30(43-38-9-7-6-8-32(34)38)12-10-26(2)35-14-15-36-33-13-11-29-23-31(45)16-19-41(29,3)37(33)17-20-42(35,36)4/h5-9,24,26-29,31,33,35-37,39-40,45-46H,1,10-23,25H2,2-4H3/t26-,27+,28+,29-,31-,33+,35-,36+,37+,39+,40+,41+,42-/m1/s1. The van der Waals surface area contributed by atoms with E-state index >= 15 is 0 Å². The van der Waals surface area contributed by atoms with Gasteiger partial charge in [0.2, 0.25) is 0 Å². The van der Waals surface area contributed by atoms with Crippen molar-refractivity contribution in [2.45, 2.75) is 122 Å². The zero-order chi connectivity index (χ0) is 31.8. The van der Waals surface area contributed by atoms with Gasteiger partial charge in [0.15, 0.2) is 0 Å². The average molecular weight is 625 g/mol. The van der Waals surface area contributed by atoms with Gasteiger partial charge in [-0.2, -0.15) is 0 Å². The molecule has 9 rings (SSSR count). The first-order chi connectivity index (χ1) is 22.2. The number of aliphatic hydroxyl groups excluding tert-OH is 2. The van der Waals surface area contributed by atoms with Crippen LogP contribution in [0.4, 0.5) is 0 Å². The minimum atomic E-state index is -0.480. The van der Waals surface area contributed by atoms with Gasteiger partial charge >= 0.3 is 0 Å². The zero-order valence-electron chi connectivity index (χ0n) is 28.9. The van der Waals surface area contributed by atoms with E-state index in [9.17, 15) is 10.2 Å². The molecule has 0 spiro atoms. The fourth-order valence-electron chi connectivity index (χ4n) is 13.3. The van der Waals surface area contributed by atoms with Crippen LogP contribution in [0.2, 0.25) is 0 Å². The minimum absolute atomic E-state index is 0.0538. The summed E-state index contributed by atoms with van der Waals surface area (Å²) in [6.45, 7) is 14.1. The summed E-state index contributed by atoms with van der Waals surface area (Å²) in [5.41, 5.74) is 4.21. The van der Waals surface area contributed by atoms with E-state index in [2.05, 4.69) is 68.7 Å². The van der Waals surface area contributed by atoms with Crippen molar-refractivity contribution in [3.05, 3.63) is 54.2 Å². The van der Waals surface area contributed by atoms with Crippen LogP contribution in [0.1, 0.15) is 115 Å². The van der Waals surface area contributed by atoms with Crippen molar-refractivity contribution in [2.24, 2.45) is 58.2 Å². The molecule has 3 saturated heterocycles. The van der Waals surface area contributed by atoms with Crippen molar-refractivity contribution in [2.75, 3.05) is 13.1 Å². The first-order valence-electron chi connectivity index (χ1n) is 19.3. The first kappa shape index (κ1) is 31.5. The van der Waals surface area contributed by atoms with Crippen molar-refractivity contribution in [3.8, 4) is 0 Å². The molecule has 2 bridgehead atoms. The Morgan fingerprint density at radius 3 is 2.61 bits per heavy atom. The van der Waals surface area contributed by atoms with Crippen molar-refractivity contribution in [3.63, 3.8) is 0 Å². The van der Waals surface area contributed by atoms with Crippen LogP contribution in [0.5, 0.6) is 0 Å². The van der Waals surface area contributed by atoms with Crippen LogP contribution in [0, 0.1) is 58.2 Å². The highest BCUT2D eigenvalue weighted by atomic mass is 16.3. The number of para-hydroxylation sites is 1.